The van der Waals surface area contributed by atoms with E-state index in [9.17, 15) is 0 Å². The first kappa shape index (κ1) is 12.2. The van der Waals surface area contributed by atoms with E-state index in [1.807, 2.05) is 26.2 Å². The molecule has 74 valence electrons. The fourth-order valence-electron chi connectivity index (χ4n) is 0.920. The zero-order valence-corrected chi connectivity index (χ0v) is 11.7. The zero-order valence-electron chi connectivity index (χ0n) is 7.95. The van der Waals surface area contributed by atoms with Gasteiger partial charge in [0.1, 0.15) is 0 Å². The SMILES string of the molecule is CN(C)Sc1cccc(C#CSI)c1. The van der Waals surface area contributed by atoms with E-state index in [2.05, 4.69) is 48.8 Å². The molecule has 0 atom stereocenters. The third-order valence-electron chi connectivity index (χ3n) is 1.36. The molecule has 0 amide bonds. The van der Waals surface area contributed by atoms with Gasteiger partial charge in [-0.15, -0.1) is 0 Å². The van der Waals surface area contributed by atoms with E-state index >= 15 is 0 Å². The van der Waals surface area contributed by atoms with Gasteiger partial charge < -0.3 is 0 Å². The Balaban J connectivity index is 2.78. The van der Waals surface area contributed by atoms with Gasteiger partial charge in [0.25, 0.3) is 0 Å². The normalized spacial score (nSPS) is 9.71. The van der Waals surface area contributed by atoms with Crippen LogP contribution in [0.2, 0.25) is 0 Å². The predicted octanol–water partition coefficient (Wildman–Crippen LogP) is 3.65. The minimum Gasteiger partial charge on any atom is -0.253 e. The second-order valence-corrected chi connectivity index (χ2v) is 5.80. The number of benzene rings is 1. The maximum Gasteiger partial charge on any atom is 0.0266 e. The molecule has 0 saturated heterocycles. The molecule has 0 unspecified atom stereocenters. The van der Waals surface area contributed by atoms with Crippen molar-refractivity contribution in [2.24, 2.45) is 0 Å². The molecule has 0 bridgehead atoms. The summed E-state index contributed by atoms with van der Waals surface area (Å²) in [4.78, 5) is 1.22. The largest absolute Gasteiger partial charge is 0.253 e. The van der Waals surface area contributed by atoms with Crippen molar-refractivity contribution in [3.05, 3.63) is 29.8 Å². The average molecular weight is 335 g/mol. The van der Waals surface area contributed by atoms with Gasteiger partial charge in [-0.2, -0.15) is 0 Å². The third kappa shape index (κ3) is 4.60. The Bertz CT molecular complexity index is 355. The summed E-state index contributed by atoms with van der Waals surface area (Å²) in [5.74, 6) is 3.08. The highest BCUT2D eigenvalue weighted by Gasteiger charge is 1.96. The maximum atomic E-state index is 3.08. The Hall–Kier alpha value is 0.170. The van der Waals surface area contributed by atoms with Crippen molar-refractivity contribution in [2.75, 3.05) is 14.1 Å². The van der Waals surface area contributed by atoms with Crippen molar-refractivity contribution < 1.29 is 0 Å². The Kier molecular flexibility index (Phi) is 5.78. The van der Waals surface area contributed by atoms with Gasteiger partial charge in [-0.1, -0.05) is 12.0 Å². The van der Waals surface area contributed by atoms with Crippen molar-refractivity contribution in [3.8, 4) is 11.2 Å². The van der Waals surface area contributed by atoms with Gasteiger partial charge in [0, 0.05) is 31.7 Å². The van der Waals surface area contributed by atoms with Crippen LogP contribution in [-0.2, 0) is 0 Å². The van der Waals surface area contributed by atoms with Crippen molar-refractivity contribution in [3.63, 3.8) is 0 Å². The van der Waals surface area contributed by atoms with E-state index in [1.54, 1.807) is 11.9 Å². The van der Waals surface area contributed by atoms with Gasteiger partial charge >= 0.3 is 0 Å². The molecule has 1 nitrogen and oxygen atoms in total. The second-order valence-electron chi connectivity index (χ2n) is 2.74. The van der Waals surface area contributed by atoms with Gasteiger partial charge in [-0.05, 0) is 58.4 Å². The maximum absolute atomic E-state index is 3.08. The molecule has 0 saturated carbocycles. The van der Waals surface area contributed by atoms with Crippen molar-refractivity contribution in [1.29, 1.82) is 0 Å². The Morgan fingerprint density at radius 2 is 2.14 bits per heavy atom. The van der Waals surface area contributed by atoms with E-state index in [4.69, 9.17) is 0 Å². The van der Waals surface area contributed by atoms with Crippen LogP contribution >= 0.6 is 42.1 Å². The number of halogens is 1. The minimum absolute atomic E-state index is 1.07. The second kappa shape index (κ2) is 6.62. The van der Waals surface area contributed by atoms with Crippen molar-refractivity contribution in [1.82, 2.24) is 4.31 Å². The molecule has 14 heavy (non-hydrogen) atoms. The van der Waals surface area contributed by atoms with Crippen LogP contribution in [-0.4, -0.2) is 18.4 Å². The summed E-state index contributed by atoms with van der Waals surface area (Å²) in [7, 11) is 5.57. The Morgan fingerprint density at radius 3 is 2.79 bits per heavy atom. The number of hydrogen-bond acceptors (Lipinski definition) is 3. The monoisotopic (exact) mass is 335 g/mol. The van der Waals surface area contributed by atoms with E-state index in [0.29, 0.717) is 0 Å². The quantitative estimate of drug-likeness (QED) is 0.461. The number of rotatable bonds is 2. The first-order valence-corrected chi connectivity index (χ1v) is 8.09. The lowest BCUT2D eigenvalue weighted by atomic mass is 10.2. The lowest BCUT2D eigenvalue weighted by molar-refractivity contribution is 0.702. The van der Waals surface area contributed by atoms with Crippen LogP contribution in [0.5, 0.6) is 0 Å². The molecule has 0 aliphatic carbocycles. The minimum atomic E-state index is 1.07. The zero-order chi connectivity index (χ0) is 10.4. The molecule has 0 spiro atoms. The average Bonchev–Trinajstić information content (AvgIpc) is 2.14. The number of nitrogens with zero attached hydrogens (tertiary/aromatic N) is 1. The van der Waals surface area contributed by atoms with E-state index in [0.717, 1.165) is 5.56 Å². The molecule has 0 aliphatic rings. The Labute approximate surface area is 106 Å². The van der Waals surface area contributed by atoms with Crippen molar-refractivity contribution >= 4 is 42.1 Å². The van der Waals surface area contributed by atoms with Gasteiger partial charge in [-0.25, -0.2) is 0 Å². The lowest BCUT2D eigenvalue weighted by Crippen LogP contribution is -1.98. The molecule has 0 aromatic heterocycles. The van der Waals surface area contributed by atoms with Crippen LogP contribution in [0.3, 0.4) is 0 Å². The molecule has 0 fully saturated rings. The molecule has 0 heterocycles. The van der Waals surface area contributed by atoms with Crippen LogP contribution in [0, 0.1) is 11.2 Å². The van der Waals surface area contributed by atoms with Crippen LogP contribution in [0.4, 0.5) is 0 Å². The van der Waals surface area contributed by atoms with Gasteiger partial charge in [0.05, 0.1) is 0 Å². The molecule has 0 radical (unpaired) electrons. The number of hydrogen-bond donors (Lipinski definition) is 0. The fraction of sp³-hybridized carbons (Fsp3) is 0.200. The molecular formula is C10H10INS2. The summed E-state index contributed by atoms with van der Waals surface area (Å²) in [5, 5.41) is 2.98. The first-order valence-electron chi connectivity index (χ1n) is 3.96. The molecule has 0 aliphatic heterocycles. The highest BCUT2D eigenvalue weighted by atomic mass is 127. The molecule has 1 aromatic rings. The molecule has 0 N–H and O–H groups in total. The van der Waals surface area contributed by atoms with Crippen molar-refractivity contribution in [2.45, 2.75) is 4.90 Å². The summed E-state index contributed by atoms with van der Waals surface area (Å²) < 4.78 is 2.07. The Morgan fingerprint density at radius 1 is 1.36 bits per heavy atom. The van der Waals surface area contributed by atoms with E-state index in [1.165, 1.54) is 13.8 Å². The third-order valence-corrected chi connectivity index (χ3v) is 3.03. The lowest BCUT2D eigenvalue weighted by Gasteiger charge is -2.07. The van der Waals surface area contributed by atoms with E-state index in [-0.39, 0.29) is 0 Å². The van der Waals surface area contributed by atoms with Crippen LogP contribution in [0.1, 0.15) is 5.56 Å². The summed E-state index contributed by atoms with van der Waals surface area (Å²) in [6.07, 6.45) is 0. The highest BCUT2D eigenvalue weighted by Crippen LogP contribution is 2.20. The summed E-state index contributed by atoms with van der Waals surface area (Å²) >= 11 is 3.88. The molecule has 1 aromatic carbocycles. The standard InChI is InChI=1S/C10H10INS2/c1-12(2)14-10-5-3-4-9(8-10)6-7-13-11/h3-5,8H,1-2H3. The highest BCUT2D eigenvalue weighted by molar-refractivity contribution is 14.2. The van der Waals surface area contributed by atoms with Gasteiger partial charge in [-0.3, -0.25) is 4.31 Å². The first-order chi connectivity index (χ1) is 6.72. The summed E-state index contributed by atoms with van der Waals surface area (Å²) in [6, 6.07) is 8.25. The molecule has 4 heteroatoms. The van der Waals surface area contributed by atoms with Crippen LogP contribution in [0.25, 0.3) is 0 Å². The smallest absolute Gasteiger partial charge is 0.0266 e. The van der Waals surface area contributed by atoms with Gasteiger partial charge in [0.2, 0.25) is 0 Å². The topological polar surface area (TPSA) is 3.24 Å². The fourth-order valence-corrected chi connectivity index (χ4v) is 2.15. The van der Waals surface area contributed by atoms with Gasteiger partial charge in [0.15, 0.2) is 0 Å². The molecule has 1 rings (SSSR count). The van der Waals surface area contributed by atoms with Crippen LogP contribution < -0.4 is 0 Å². The summed E-state index contributed by atoms with van der Waals surface area (Å²) in [5.41, 5.74) is 1.07. The predicted molar refractivity (Wildman–Crippen MR) is 74.5 cm³/mol. The van der Waals surface area contributed by atoms with Crippen LogP contribution in [0.15, 0.2) is 29.2 Å². The summed E-state index contributed by atoms with van der Waals surface area (Å²) in [6.45, 7) is 0. The van der Waals surface area contributed by atoms with E-state index < -0.39 is 0 Å². The molecular weight excluding hydrogens is 325 g/mol.